The third-order valence-corrected chi connectivity index (χ3v) is 4.30. The van der Waals surface area contributed by atoms with E-state index in [4.69, 9.17) is 10.5 Å². The fourth-order valence-corrected chi connectivity index (χ4v) is 2.93. The van der Waals surface area contributed by atoms with Crippen LogP contribution in [0.15, 0.2) is 28.7 Å². The van der Waals surface area contributed by atoms with E-state index >= 15 is 0 Å². The van der Waals surface area contributed by atoms with Crippen LogP contribution in [0, 0.1) is 5.92 Å². The van der Waals surface area contributed by atoms with Gasteiger partial charge < -0.3 is 10.5 Å². The first-order valence-corrected chi connectivity index (χ1v) is 7.69. The van der Waals surface area contributed by atoms with Gasteiger partial charge in [0.25, 0.3) is 0 Å². The van der Waals surface area contributed by atoms with E-state index in [1.165, 1.54) is 25.7 Å². The SMILES string of the molecule is NC(CCCOc1ccc(Br)cc1)C1CCCC1. The van der Waals surface area contributed by atoms with Crippen LogP contribution in [0.2, 0.25) is 0 Å². The average molecular weight is 312 g/mol. The zero-order chi connectivity index (χ0) is 12.8. The van der Waals surface area contributed by atoms with E-state index in [0.29, 0.717) is 6.04 Å². The summed E-state index contributed by atoms with van der Waals surface area (Å²) in [7, 11) is 0. The van der Waals surface area contributed by atoms with Gasteiger partial charge in [0.1, 0.15) is 5.75 Å². The van der Waals surface area contributed by atoms with E-state index in [0.717, 1.165) is 35.6 Å². The average Bonchev–Trinajstić information content (AvgIpc) is 2.90. The minimum atomic E-state index is 0.376. The first-order valence-electron chi connectivity index (χ1n) is 6.89. The van der Waals surface area contributed by atoms with Crippen LogP contribution >= 0.6 is 15.9 Å². The Labute approximate surface area is 118 Å². The molecule has 18 heavy (non-hydrogen) atoms. The Hall–Kier alpha value is -0.540. The second kappa shape index (κ2) is 7.15. The van der Waals surface area contributed by atoms with Gasteiger partial charge in [-0.2, -0.15) is 0 Å². The lowest BCUT2D eigenvalue weighted by Crippen LogP contribution is -2.28. The minimum Gasteiger partial charge on any atom is -0.494 e. The van der Waals surface area contributed by atoms with Crippen LogP contribution in [-0.2, 0) is 0 Å². The van der Waals surface area contributed by atoms with Crippen molar-refractivity contribution in [3.8, 4) is 5.75 Å². The molecule has 3 heteroatoms. The van der Waals surface area contributed by atoms with E-state index in [1.54, 1.807) is 0 Å². The monoisotopic (exact) mass is 311 g/mol. The lowest BCUT2D eigenvalue weighted by atomic mass is 9.95. The van der Waals surface area contributed by atoms with Crippen molar-refractivity contribution < 1.29 is 4.74 Å². The summed E-state index contributed by atoms with van der Waals surface area (Å²) in [5.74, 6) is 1.70. The molecule has 1 saturated carbocycles. The quantitative estimate of drug-likeness (QED) is 0.802. The molecule has 1 fully saturated rings. The molecule has 0 spiro atoms. The third-order valence-electron chi connectivity index (χ3n) is 3.77. The van der Waals surface area contributed by atoms with Crippen LogP contribution in [-0.4, -0.2) is 12.6 Å². The second-order valence-corrected chi connectivity index (χ2v) is 6.07. The van der Waals surface area contributed by atoms with Gasteiger partial charge in [-0.15, -0.1) is 0 Å². The first-order chi connectivity index (χ1) is 8.75. The van der Waals surface area contributed by atoms with Crippen molar-refractivity contribution in [3.05, 3.63) is 28.7 Å². The summed E-state index contributed by atoms with van der Waals surface area (Å²) < 4.78 is 6.78. The van der Waals surface area contributed by atoms with Gasteiger partial charge in [0.05, 0.1) is 6.61 Å². The summed E-state index contributed by atoms with van der Waals surface area (Å²) in [4.78, 5) is 0. The van der Waals surface area contributed by atoms with Crippen molar-refractivity contribution in [2.24, 2.45) is 11.7 Å². The van der Waals surface area contributed by atoms with Gasteiger partial charge in [-0.25, -0.2) is 0 Å². The van der Waals surface area contributed by atoms with Gasteiger partial charge >= 0.3 is 0 Å². The Balaban J connectivity index is 1.62. The Morgan fingerprint density at radius 3 is 2.56 bits per heavy atom. The lowest BCUT2D eigenvalue weighted by Gasteiger charge is -2.18. The van der Waals surface area contributed by atoms with Crippen molar-refractivity contribution in [2.45, 2.75) is 44.6 Å². The fraction of sp³-hybridized carbons (Fsp3) is 0.600. The predicted molar refractivity (Wildman–Crippen MR) is 78.8 cm³/mol. The Morgan fingerprint density at radius 1 is 1.22 bits per heavy atom. The summed E-state index contributed by atoms with van der Waals surface area (Å²) in [6, 6.07) is 8.35. The van der Waals surface area contributed by atoms with Crippen molar-refractivity contribution in [1.82, 2.24) is 0 Å². The zero-order valence-corrected chi connectivity index (χ0v) is 12.4. The highest BCUT2D eigenvalue weighted by Gasteiger charge is 2.21. The molecule has 1 unspecified atom stereocenters. The number of benzene rings is 1. The second-order valence-electron chi connectivity index (χ2n) is 5.15. The highest BCUT2D eigenvalue weighted by Crippen LogP contribution is 2.28. The number of hydrogen-bond acceptors (Lipinski definition) is 2. The van der Waals surface area contributed by atoms with Gasteiger partial charge in [0.2, 0.25) is 0 Å². The van der Waals surface area contributed by atoms with Gasteiger partial charge in [0, 0.05) is 10.5 Å². The minimum absolute atomic E-state index is 0.376. The molecule has 1 aromatic carbocycles. The van der Waals surface area contributed by atoms with Crippen LogP contribution in [0.1, 0.15) is 38.5 Å². The summed E-state index contributed by atoms with van der Waals surface area (Å²) in [6.07, 6.45) is 7.53. The van der Waals surface area contributed by atoms with Gasteiger partial charge in [-0.1, -0.05) is 28.8 Å². The van der Waals surface area contributed by atoms with E-state index < -0.39 is 0 Å². The van der Waals surface area contributed by atoms with Crippen molar-refractivity contribution in [3.63, 3.8) is 0 Å². The highest BCUT2D eigenvalue weighted by atomic mass is 79.9. The van der Waals surface area contributed by atoms with E-state index in [9.17, 15) is 0 Å². The van der Waals surface area contributed by atoms with E-state index in [2.05, 4.69) is 15.9 Å². The molecule has 0 bridgehead atoms. The Kier molecular flexibility index (Phi) is 5.51. The molecular weight excluding hydrogens is 290 g/mol. The van der Waals surface area contributed by atoms with Crippen LogP contribution in [0.3, 0.4) is 0 Å². The van der Waals surface area contributed by atoms with Gasteiger partial charge in [-0.05, 0) is 55.9 Å². The number of nitrogens with two attached hydrogens (primary N) is 1. The molecule has 2 nitrogen and oxygen atoms in total. The molecular formula is C15H22BrNO. The molecule has 0 heterocycles. The standard InChI is InChI=1S/C15H22BrNO/c16-13-7-9-14(10-8-13)18-11-3-6-15(17)12-4-1-2-5-12/h7-10,12,15H,1-6,11,17H2. The number of rotatable bonds is 6. The third kappa shape index (κ3) is 4.29. The Morgan fingerprint density at radius 2 is 1.89 bits per heavy atom. The molecule has 0 aliphatic heterocycles. The molecule has 1 aliphatic carbocycles. The van der Waals surface area contributed by atoms with Crippen molar-refractivity contribution in [1.29, 1.82) is 0 Å². The van der Waals surface area contributed by atoms with Gasteiger partial charge in [-0.3, -0.25) is 0 Å². The summed E-state index contributed by atoms with van der Waals surface area (Å²) in [5, 5.41) is 0. The maximum Gasteiger partial charge on any atom is 0.119 e. The smallest absolute Gasteiger partial charge is 0.119 e. The van der Waals surface area contributed by atoms with Crippen molar-refractivity contribution in [2.75, 3.05) is 6.61 Å². The molecule has 0 saturated heterocycles. The molecule has 100 valence electrons. The first kappa shape index (κ1) is 13.9. The summed E-state index contributed by atoms with van der Waals surface area (Å²) in [6.45, 7) is 0.766. The van der Waals surface area contributed by atoms with Crippen LogP contribution < -0.4 is 10.5 Å². The van der Waals surface area contributed by atoms with Crippen LogP contribution in [0.5, 0.6) is 5.75 Å². The molecule has 0 aromatic heterocycles. The molecule has 0 radical (unpaired) electrons. The Bertz CT molecular complexity index is 346. The number of ether oxygens (including phenoxy) is 1. The van der Waals surface area contributed by atoms with E-state index in [1.807, 2.05) is 24.3 Å². The molecule has 1 aromatic rings. The molecule has 1 atom stereocenters. The van der Waals surface area contributed by atoms with Crippen molar-refractivity contribution >= 4 is 15.9 Å². The molecule has 1 aliphatic rings. The van der Waals surface area contributed by atoms with Crippen LogP contribution in [0.25, 0.3) is 0 Å². The fourth-order valence-electron chi connectivity index (χ4n) is 2.66. The lowest BCUT2D eigenvalue weighted by molar-refractivity contribution is 0.289. The largest absolute Gasteiger partial charge is 0.494 e. The summed E-state index contributed by atoms with van der Waals surface area (Å²) in [5.41, 5.74) is 6.22. The van der Waals surface area contributed by atoms with Crippen LogP contribution in [0.4, 0.5) is 0 Å². The topological polar surface area (TPSA) is 35.2 Å². The molecule has 2 N–H and O–H groups in total. The maximum atomic E-state index is 6.22. The predicted octanol–water partition coefficient (Wildman–Crippen LogP) is 4.13. The number of hydrogen-bond donors (Lipinski definition) is 1. The van der Waals surface area contributed by atoms with Gasteiger partial charge in [0.15, 0.2) is 0 Å². The van der Waals surface area contributed by atoms with E-state index in [-0.39, 0.29) is 0 Å². The molecule has 0 amide bonds. The maximum absolute atomic E-state index is 6.22. The summed E-state index contributed by atoms with van der Waals surface area (Å²) >= 11 is 3.41. The highest BCUT2D eigenvalue weighted by molar-refractivity contribution is 9.10. The number of halogens is 1. The zero-order valence-electron chi connectivity index (χ0n) is 10.8. The molecule has 2 rings (SSSR count). The normalized spacial score (nSPS) is 17.9.